The van der Waals surface area contributed by atoms with Gasteiger partial charge in [0.1, 0.15) is 11.4 Å². The molecular weight excluding hydrogens is 354 g/mol. The Morgan fingerprint density at radius 3 is 2.82 bits per heavy atom. The number of nitrogens with zero attached hydrogens (tertiary/aromatic N) is 2. The third kappa shape index (κ3) is 3.73. The van der Waals surface area contributed by atoms with Gasteiger partial charge in [-0.05, 0) is 31.0 Å². The number of carbonyl (C=O) groups is 1. The topological polar surface area (TPSA) is 67.6 Å². The van der Waals surface area contributed by atoms with E-state index in [2.05, 4.69) is 28.2 Å². The smallest absolute Gasteiger partial charge is 0.224 e. The standard InChI is InChI=1S/C22H25N3O3/c1-15-5-6-19-18(14-28-21(19)16(15)2)12-20(26)24-13-17-4-3-7-23-22(17)25-8-10-27-11-9-25/h3-7,14H,8-13H2,1-2H3,(H,24,26). The minimum Gasteiger partial charge on any atom is -0.464 e. The first kappa shape index (κ1) is 18.5. The third-order valence-corrected chi connectivity index (χ3v) is 5.35. The van der Waals surface area contributed by atoms with Crippen LogP contribution in [-0.2, 0) is 22.5 Å². The van der Waals surface area contributed by atoms with E-state index in [0.29, 0.717) is 26.2 Å². The minimum absolute atomic E-state index is 0.0299. The molecule has 4 rings (SSSR count). The Morgan fingerprint density at radius 1 is 1.18 bits per heavy atom. The van der Waals surface area contributed by atoms with Crippen LogP contribution in [0.3, 0.4) is 0 Å². The number of carbonyl (C=O) groups excluding carboxylic acids is 1. The van der Waals surface area contributed by atoms with Gasteiger partial charge in [-0.2, -0.15) is 0 Å². The molecule has 3 aromatic rings. The van der Waals surface area contributed by atoms with Gasteiger partial charge in [0.05, 0.1) is 25.9 Å². The van der Waals surface area contributed by atoms with Gasteiger partial charge >= 0.3 is 0 Å². The van der Waals surface area contributed by atoms with E-state index >= 15 is 0 Å². The van der Waals surface area contributed by atoms with E-state index in [0.717, 1.165) is 46.6 Å². The average Bonchev–Trinajstić information content (AvgIpc) is 3.13. The molecule has 28 heavy (non-hydrogen) atoms. The molecule has 0 atom stereocenters. The summed E-state index contributed by atoms with van der Waals surface area (Å²) < 4.78 is 11.1. The molecule has 0 spiro atoms. The van der Waals surface area contributed by atoms with Crippen molar-refractivity contribution in [3.63, 3.8) is 0 Å². The van der Waals surface area contributed by atoms with Crippen LogP contribution in [0.4, 0.5) is 5.82 Å². The Hall–Kier alpha value is -2.86. The number of morpholine rings is 1. The summed E-state index contributed by atoms with van der Waals surface area (Å²) in [6.45, 7) is 7.59. The molecule has 1 saturated heterocycles. The summed E-state index contributed by atoms with van der Waals surface area (Å²) in [5.74, 6) is 0.892. The molecule has 3 heterocycles. The number of ether oxygens (including phenoxy) is 1. The lowest BCUT2D eigenvalue weighted by Crippen LogP contribution is -2.38. The molecule has 0 unspecified atom stereocenters. The Morgan fingerprint density at radius 2 is 2.00 bits per heavy atom. The Kier molecular flexibility index (Phi) is 5.30. The second-order valence-electron chi connectivity index (χ2n) is 7.18. The predicted molar refractivity (Wildman–Crippen MR) is 109 cm³/mol. The number of hydrogen-bond acceptors (Lipinski definition) is 5. The van der Waals surface area contributed by atoms with Crippen molar-refractivity contribution in [2.75, 3.05) is 31.2 Å². The highest BCUT2D eigenvalue weighted by atomic mass is 16.5. The fourth-order valence-corrected chi connectivity index (χ4v) is 3.58. The van der Waals surface area contributed by atoms with Gasteiger partial charge in [-0.25, -0.2) is 4.98 Å². The van der Waals surface area contributed by atoms with Crippen molar-refractivity contribution in [2.24, 2.45) is 0 Å². The summed E-state index contributed by atoms with van der Waals surface area (Å²) in [5, 5.41) is 4.04. The average molecular weight is 379 g/mol. The van der Waals surface area contributed by atoms with Gasteiger partial charge in [-0.3, -0.25) is 4.79 Å². The highest BCUT2D eigenvalue weighted by Gasteiger charge is 2.17. The molecule has 146 valence electrons. The third-order valence-electron chi connectivity index (χ3n) is 5.35. The van der Waals surface area contributed by atoms with Crippen LogP contribution >= 0.6 is 0 Å². The van der Waals surface area contributed by atoms with Crippen molar-refractivity contribution in [3.8, 4) is 0 Å². The summed E-state index contributed by atoms with van der Waals surface area (Å²) in [6, 6.07) is 8.01. The van der Waals surface area contributed by atoms with E-state index in [1.54, 1.807) is 12.5 Å². The fraction of sp³-hybridized carbons (Fsp3) is 0.364. The zero-order valence-electron chi connectivity index (χ0n) is 16.3. The normalized spacial score (nSPS) is 14.4. The molecule has 2 aromatic heterocycles. The molecule has 1 aromatic carbocycles. The number of furan rings is 1. The van der Waals surface area contributed by atoms with Crippen molar-refractivity contribution < 1.29 is 13.9 Å². The molecular formula is C22H25N3O3. The maximum Gasteiger partial charge on any atom is 0.224 e. The van der Waals surface area contributed by atoms with Crippen molar-refractivity contribution in [3.05, 3.63) is 59.0 Å². The number of pyridine rings is 1. The van der Waals surface area contributed by atoms with Gasteiger partial charge in [-0.15, -0.1) is 0 Å². The number of anilines is 1. The van der Waals surface area contributed by atoms with Crippen molar-refractivity contribution in [2.45, 2.75) is 26.8 Å². The molecule has 1 aliphatic rings. The van der Waals surface area contributed by atoms with Crippen LogP contribution in [0.25, 0.3) is 11.0 Å². The molecule has 1 aliphatic heterocycles. The fourth-order valence-electron chi connectivity index (χ4n) is 3.58. The maximum atomic E-state index is 12.6. The Bertz CT molecular complexity index is 990. The van der Waals surface area contributed by atoms with Crippen molar-refractivity contribution in [1.29, 1.82) is 0 Å². The first-order valence-corrected chi connectivity index (χ1v) is 9.63. The molecule has 6 nitrogen and oxygen atoms in total. The van der Waals surface area contributed by atoms with Crippen LogP contribution in [-0.4, -0.2) is 37.2 Å². The maximum absolute atomic E-state index is 12.6. The Labute approximate surface area is 164 Å². The number of amides is 1. The van der Waals surface area contributed by atoms with Gasteiger partial charge < -0.3 is 19.4 Å². The van der Waals surface area contributed by atoms with Crippen molar-refractivity contribution >= 4 is 22.7 Å². The number of benzene rings is 1. The molecule has 0 saturated carbocycles. The number of rotatable bonds is 5. The first-order valence-electron chi connectivity index (χ1n) is 9.63. The summed E-state index contributed by atoms with van der Waals surface area (Å²) in [5.41, 5.74) is 5.10. The van der Waals surface area contributed by atoms with Crippen LogP contribution in [0.1, 0.15) is 22.3 Å². The molecule has 0 bridgehead atoms. The Balaban J connectivity index is 1.44. The summed E-state index contributed by atoms with van der Waals surface area (Å²) in [7, 11) is 0. The number of aryl methyl sites for hydroxylation is 2. The largest absolute Gasteiger partial charge is 0.464 e. The van der Waals surface area contributed by atoms with E-state index in [1.165, 1.54) is 5.56 Å². The summed E-state index contributed by atoms with van der Waals surface area (Å²) in [4.78, 5) is 19.3. The van der Waals surface area contributed by atoms with E-state index in [-0.39, 0.29) is 5.91 Å². The van der Waals surface area contributed by atoms with E-state index < -0.39 is 0 Å². The van der Waals surface area contributed by atoms with Crippen LogP contribution in [0.15, 0.2) is 41.1 Å². The molecule has 1 fully saturated rings. The lowest BCUT2D eigenvalue weighted by atomic mass is 10.0. The zero-order chi connectivity index (χ0) is 19.5. The van der Waals surface area contributed by atoms with Gasteiger partial charge in [0, 0.05) is 42.3 Å². The second-order valence-corrected chi connectivity index (χ2v) is 7.18. The number of aromatic nitrogens is 1. The van der Waals surface area contributed by atoms with Crippen LogP contribution < -0.4 is 10.2 Å². The zero-order valence-corrected chi connectivity index (χ0v) is 16.3. The molecule has 1 N–H and O–H groups in total. The van der Waals surface area contributed by atoms with Crippen LogP contribution in [0, 0.1) is 13.8 Å². The highest BCUT2D eigenvalue weighted by molar-refractivity contribution is 5.89. The van der Waals surface area contributed by atoms with Crippen LogP contribution in [0.5, 0.6) is 0 Å². The number of hydrogen-bond donors (Lipinski definition) is 1. The summed E-state index contributed by atoms with van der Waals surface area (Å²) in [6.07, 6.45) is 3.78. The van der Waals surface area contributed by atoms with E-state index in [4.69, 9.17) is 9.15 Å². The quantitative estimate of drug-likeness (QED) is 0.738. The monoisotopic (exact) mass is 379 g/mol. The lowest BCUT2D eigenvalue weighted by Gasteiger charge is -2.29. The van der Waals surface area contributed by atoms with E-state index in [1.807, 2.05) is 25.1 Å². The lowest BCUT2D eigenvalue weighted by molar-refractivity contribution is -0.120. The first-order chi connectivity index (χ1) is 13.6. The number of nitrogens with one attached hydrogen (secondary N) is 1. The van der Waals surface area contributed by atoms with Gasteiger partial charge in [0.2, 0.25) is 5.91 Å². The summed E-state index contributed by atoms with van der Waals surface area (Å²) >= 11 is 0. The molecule has 0 radical (unpaired) electrons. The van der Waals surface area contributed by atoms with Gasteiger partial charge in [0.25, 0.3) is 0 Å². The van der Waals surface area contributed by atoms with Gasteiger partial charge in [0.15, 0.2) is 0 Å². The second kappa shape index (κ2) is 8.02. The minimum atomic E-state index is -0.0299. The number of fused-ring (bicyclic) bond motifs is 1. The highest BCUT2D eigenvalue weighted by Crippen LogP contribution is 2.27. The molecule has 1 amide bonds. The van der Waals surface area contributed by atoms with Crippen LogP contribution in [0.2, 0.25) is 0 Å². The van der Waals surface area contributed by atoms with E-state index in [9.17, 15) is 4.79 Å². The SMILES string of the molecule is Cc1ccc2c(CC(=O)NCc3cccnc3N3CCOCC3)coc2c1C. The van der Waals surface area contributed by atoms with Crippen molar-refractivity contribution in [1.82, 2.24) is 10.3 Å². The molecule has 0 aliphatic carbocycles. The molecule has 6 heteroatoms. The van der Waals surface area contributed by atoms with Gasteiger partial charge in [-0.1, -0.05) is 18.2 Å². The predicted octanol–water partition coefficient (Wildman–Crippen LogP) is 3.14.